The van der Waals surface area contributed by atoms with Crippen LogP contribution in [0.4, 0.5) is 0 Å². The average molecular weight is 357 g/mol. The smallest absolute Gasteiger partial charge is 0.297 e. The van der Waals surface area contributed by atoms with Crippen LogP contribution in [0, 0.1) is 0 Å². The van der Waals surface area contributed by atoms with Crippen LogP contribution in [0.25, 0.3) is 23.1 Å². The van der Waals surface area contributed by atoms with Crippen LogP contribution in [0.15, 0.2) is 70.0 Å². The van der Waals surface area contributed by atoms with Gasteiger partial charge in [0.15, 0.2) is 11.3 Å². The molecule has 4 aromatic rings. The third-order valence-corrected chi connectivity index (χ3v) is 4.42. The summed E-state index contributed by atoms with van der Waals surface area (Å²) in [4.78, 5) is 12.8. The van der Waals surface area contributed by atoms with Gasteiger partial charge in [0.2, 0.25) is 0 Å². The van der Waals surface area contributed by atoms with E-state index in [1.165, 1.54) is 4.68 Å². The molecule has 0 atom stereocenters. The van der Waals surface area contributed by atoms with E-state index < -0.39 is 0 Å². The van der Waals surface area contributed by atoms with Crippen LogP contribution in [0.5, 0.6) is 0 Å². The molecule has 5 nitrogen and oxygen atoms in total. The quantitative estimate of drug-likeness (QED) is 0.538. The van der Waals surface area contributed by atoms with E-state index in [1.54, 1.807) is 0 Å². The van der Waals surface area contributed by atoms with E-state index in [2.05, 4.69) is 10.3 Å². The van der Waals surface area contributed by atoms with E-state index in [-0.39, 0.29) is 5.56 Å². The topological polar surface area (TPSA) is 60.9 Å². The number of benzene rings is 2. The SMILES string of the molecule is CCc1nn(Cc2ccccc2)c(=O)c2noc(/C=C/c3ccccc3)c12. The highest BCUT2D eigenvalue weighted by atomic mass is 16.5. The third kappa shape index (κ3) is 3.44. The van der Waals surface area contributed by atoms with E-state index in [0.717, 1.165) is 16.8 Å². The first-order valence-corrected chi connectivity index (χ1v) is 8.92. The maximum Gasteiger partial charge on any atom is 0.297 e. The third-order valence-electron chi connectivity index (χ3n) is 4.42. The summed E-state index contributed by atoms with van der Waals surface area (Å²) < 4.78 is 6.94. The summed E-state index contributed by atoms with van der Waals surface area (Å²) in [7, 11) is 0. The Morgan fingerprint density at radius 1 is 1.00 bits per heavy atom. The van der Waals surface area contributed by atoms with Gasteiger partial charge in [-0.2, -0.15) is 5.10 Å². The fourth-order valence-electron chi connectivity index (χ4n) is 3.05. The maximum atomic E-state index is 12.8. The van der Waals surface area contributed by atoms with Crippen LogP contribution in [0.1, 0.15) is 29.5 Å². The molecule has 0 fully saturated rings. The van der Waals surface area contributed by atoms with E-state index in [0.29, 0.717) is 29.6 Å². The molecular formula is C22H19N3O2. The van der Waals surface area contributed by atoms with Crippen molar-refractivity contribution in [3.8, 4) is 0 Å². The first-order chi connectivity index (χ1) is 13.3. The standard InChI is InChI=1S/C22H19N3O2/c1-2-18-20-19(14-13-16-9-5-3-6-10-16)27-24-21(20)22(26)25(23-18)15-17-11-7-4-8-12-17/h3-14H,2,15H2,1H3/b14-13+. The Morgan fingerprint density at radius 2 is 1.70 bits per heavy atom. The molecule has 0 aliphatic carbocycles. The lowest BCUT2D eigenvalue weighted by molar-refractivity contribution is 0.420. The second-order valence-corrected chi connectivity index (χ2v) is 6.26. The number of rotatable bonds is 5. The second kappa shape index (κ2) is 7.41. The molecule has 0 amide bonds. The van der Waals surface area contributed by atoms with Crippen LogP contribution in [-0.2, 0) is 13.0 Å². The molecule has 134 valence electrons. The molecule has 0 saturated carbocycles. The molecule has 0 spiro atoms. The molecule has 0 aliphatic rings. The monoisotopic (exact) mass is 357 g/mol. The highest BCUT2D eigenvalue weighted by Gasteiger charge is 2.17. The van der Waals surface area contributed by atoms with Gasteiger partial charge in [0.05, 0.1) is 17.6 Å². The van der Waals surface area contributed by atoms with Gasteiger partial charge in [-0.25, -0.2) is 4.68 Å². The first-order valence-electron chi connectivity index (χ1n) is 8.92. The lowest BCUT2D eigenvalue weighted by atomic mass is 10.1. The molecule has 0 radical (unpaired) electrons. The van der Waals surface area contributed by atoms with Crippen LogP contribution in [-0.4, -0.2) is 14.9 Å². The van der Waals surface area contributed by atoms with E-state index in [1.807, 2.05) is 79.7 Å². The lowest BCUT2D eigenvalue weighted by Gasteiger charge is -2.07. The first kappa shape index (κ1) is 17.0. The summed E-state index contributed by atoms with van der Waals surface area (Å²) in [6, 6.07) is 19.7. The Morgan fingerprint density at radius 3 is 2.41 bits per heavy atom. The van der Waals surface area contributed by atoms with Crippen LogP contribution in [0.2, 0.25) is 0 Å². The molecule has 0 aliphatic heterocycles. The number of hydrogen-bond acceptors (Lipinski definition) is 4. The number of aromatic nitrogens is 3. The van der Waals surface area contributed by atoms with Crippen molar-refractivity contribution >= 4 is 23.1 Å². The molecule has 2 aromatic heterocycles. The highest BCUT2D eigenvalue weighted by Crippen LogP contribution is 2.21. The van der Waals surface area contributed by atoms with Gasteiger partial charge < -0.3 is 4.52 Å². The number of fused-ring (bicyclic) bond motifs is 1. The summed E-state index contributed by atoms with van der Waals surface area (Å²) in [5, 5.41) is 9.31. The van der Waals surface area contributed by atoms with Gasteiger partial charge in [-0.15, -0.1) is 0 Å². The van der Waals surface area contributed by atoms with Crippen LogP contribution >= 0.6 is 0 Å². The van der Waals surface area contributed by atoms with Crippen molar-refractivity contribution in [1.82, 2.24) is 14.9 Å². The molecule has 0 unspecified atom stereocenters. The highest BCUT2D eigenvalue weighted by molar-refractivity contribution is 5.89. The molecule has 5 heteroatoms. The minimum atomic E-state index is -0.242. The molecule has 4 rings (SSSR count). The molecule has 0 saturated heterocycles. The second-order valence-electron chi connectivity index (χ2n) is 6.26. The van der Waals surface area contributed by atoms with Crippen molar-refractivity contribution in [2.45, 2.75) is 19.9 Å². The molecule has 2 aromatic carbocycles. The Bertz CT molecular complexity index is 1140. The van der Waals surface area contributed by atoms with Crippen molar-refractivity contribution in [3.05, 3.63) is 93.6 Å². The minimum Gasteiger partial charge on any atom is -0.355 e. The zero-order valence-electron chi connectivity index (χ0n) is 15.0. The molecule has 0 N–H and O–H groups in total. The fourth-order valence-corrected chi connectivity index (χ4v) is 3.05. The van der Waals surface area contributed by atoms with E-state index in [9.17, 15) is 4.79 Å². The maximum absolute atomic E-state index is 12.8. The summed E-state index contributed by atoms with van der Waals surface area (Å²) in [5.74, 6) is 0.558. The normalized spacial score (nSPS) is 11.4. The Kier molecular flexibility index (Phi) is 4.66. The molecular weight excluding hydrogens is 338 g/mol. The molecule has 2 heterocycles. The Balaban J connectivity index is 1.77. The summed E-state index contributed by atoms with van der Waals surface area (Å²) in [6.07, 6.45) is 4.46. The van der Waals surface area contributed by atoms with E-state index in [4.69, 9.17) is 4.52 Å². The van der Waals surface area contributed by atoms with Crippen molar-refractivity contribution < 1.29 is 4.52 Å². The van der Waals surface area contributed by atoms with Gasteiger partial charge in [0, 0.05) is 0 Å². The van der Waals surface area contributed by atoms with Crippen molar-refractivity contribution in [2.75, 3.05) is 0 Å². The predicted molar refractivity (Wildman–Crippen MR) is 106 cm³/mol. The van der Waals surface area contributed by atoms with Gasteiger partial charge >= 0.3 is 0 Å². The van der Waals surface area contributed by atoms with Crippen LogP contribution < -0.4 is 5.56 Å². The summed E-state index contributed by atoms with van der Waals surface area (Å²) in [6.45, 7) is 2.42. The molecule has 27 heavy (non-hydrogen) atoms. The Labute approximate surface area is 156 Å². The van der Waals surface area contributed by atoms with Gasteiger partial charge in [0.1, 0.15) is 0 Å². The largest absolute Gasteiger partial charge is 0.355 e. The summed E-state index contributed by atoms with van der Waals surface area (Å²) in [5.41, 5.74) is 2.95. The van der Waals surface area contributed by atoms with Crippen LogP contribution in [0.3, 0.4) is 0 Å². The molecule has 0 bridgehead atoms. The van der Waals surface area contributed by atoms with Crippen molar-refractivity contribution in [1.29, 1.82) is 0 Å². The fraction of sp³-hybridized carbons (Fsp3) is 0.136. The van der Waals surface area contributed by atoms with Crippen molar-refractivity contribution in [2.24, 2.45) is 0 Å². The minimum absolute atomic E-state index is 0.242. The average Bonchev–Trinajstić information content (AvgIpc) is 3.15. The number of aryl methyl sites for hydroxylation is 1. The van der Waals surface area contributed by atoms with Gasteiger partial charge in [-0.1, -0.05) is 78.8 Å². The number of hydrogen-bond donors (Lipinski definition) is 0. The van der Waals surface area contributed by atoms with E-state index >= 15 is 0 Å². The number of nitrogens with zero attached hydrogens (tertiary/aromatic N) is 3. The van der Waals surface area contributed by atoms with Crippen molar-refractivity contribution in [3.63, 3.8) is 0 Å². The summed E-state index contributed by atoms with van der Waals surface area (Å²) >= 11 is 0. The Hall–Kier alpha value is -3.47. The van der Waals surface area contributed by atoms with Gasteiger partial charge in [-0.05, 0) is 23.6 Å². The zero-order chi connectivity index (χ0) is 18.6. The van der Waals surface area contributed by atoms with Gasteiger partial charge in [0.25, 0.3) is 5.56 Å². The van der Waals surface area contributed by atoms with Gasteiger partial charge in [-0.3, -0.25) is 4.79 Å². The predicted octanol–water partition coefficient (Wildman–Crippen LogP) is 4.17. The lowest BCUT2D eigenvalue weighted by Crippen LogP contribution is -2.25. The zero-order valence-corrected chi connectivity index (χ0v) is 15.0.